The maximum absolute atomic E-state index is 12.0. The van der Waals surface area contributed by atoms with Crippen molar-refractivity contribution >= 4 is 10.0 Å². The third-order valence-corrected chi connectivity index (χ3v) is 4.02. The molecule has 1 aromatic carbocycles. The van der Waals surface area contributed by atoms with Crippen LogP contribution in [0, 0.1) is 5.92 Å². The summed E-state index contributed by atoms with van der Waals surface area (Å²) in [6, 6.07) is 6.30. The Morgan fingerprint density at radius 3 is 2.78 bits per heavy atom. The highest BCUT2D eigenvalue weighted by molar-refractivity contribution is 7.89. The van der Waals surface area contributed by atoms with Crippen LogP contribution in [0.5, 0.6) is 5.75 Å². The van der Waals surface area contributed by atoms with Crippen molar-refractivity contribution < 1.29 is 18.3 Å². The number of sulfonamides is 1. The molecule has 1 aromatic rings. The Hall–Kier alpha value is -1.11. The van der Waals surface area contributed by atoms with Crippen molar-refractivity contribution in [1.82, 2.24) is 4.72 Å². The molecule has 5 nitrogen and oxygen atoms in total. The van der Waals surface area contributed by atoms with Gasteiger partial charge in [0.1, 0.15) is 5.75 Å². The fraction of sp³-hybridized carbons (Fsp3) is 0.500. The minimum Gasteiger partial charge on any atom is -0.497 e. The van der Waals surface area contributed by atoms with Gasteiger partial charge in [0.2, 0.25) is 10.0 Å². The van der Waals surface area contributed by atoms with E-state index in [0.29, 0.717) is 18.7 Å². The second-order valence-electron chi connectivity index (χ2n) is 4.15. The fourth-order valence-electron chi connectivity index (χ4n) is 1.43. The summed E-state index contributed by atoms with van der Waals surface area (Å²) in [4.78, 5) is 0.179. The van der Waals surface area contributed by atoms with Gasteiger partial charge < -0.3 is 9.84 Å². The number of aliphatic hydroxyl groups is 1. The molecule has 0 aliphatic heterocycles. The van der Waals surface area contributed by atoms with Crippen LogP contribution < -0.4 is 9.46 Å². The summed E-state index contributed by atoms with van der Waals surface area (Å²) in [7, 11) is -2.03. The van der Waals surface area contributed by atoms with E-state index in [9.17, 15) is 8.42 Å². The summed E-state index contributed by atoms with van der Waals surface area (Å²) in [5.74, 6) is 0.594. The topological polar surface area (TPSA) is 75.6 Å². The molecule has 0 aliphatic rings. The van der Waals surface area contributed by atoms with Gasteiger partial charge in [-0.05, 0) is 24.5 Å². The van der Waals surface area contributed by atoms with Gasteiger partial charge in [0, 0.05) is 19.2 Å². The quantitative estimate of drug-likeness (QED) is 0.777. The molecule has 1 unspecified atom stereocenters. The van der Waals surface area contributed by atoms with Crippen molar-refractivity contribution in [2.24, 2.45) is 5.92 Å². The summed E-state index contributed by atoms with van der Waals surface area (Å²) < 4.78 is 31.5. The molecule has 6 heteroatoms. The lowest BCUT2D eigenvalue weighted by Gasteiger charge is -2.12. The predicted molar refractivity (Wildman–Crippen MR) is 69.0 cm³/mol. The second kappa shape index (κ2) is 6.72. The minimum atomic E-state index is -3.52. The molecule has 18 heavy (non-hydrogen) atoms. The van der Waals surface area contributed by atoms with E-state index in [-0.39, 0.29) is 17.4 Å². The molecule has 0 bridgehead atoms. The third-order valence-electron chi connectivity index (χ3n) is 2.60. The van der Waals surface area contributed by atoms with Crippen LogP contribution >= 0.6 is 0 Å². The van der Waals surface area contributed by atoms with Gasteiger partial charge in [-0.2, -0.15) is 0 Å². The van der Waals surface area contributed by atoms with E-state index >= 15 is 0 Å². The van der Waals surface area contributed by atoms with Crippen LogP contribution in [0.4, 0.5) is 0 Å². The van der Waals surface area contributed by atoms with Crippen LogP contribution in [-0.2, 0) is 10.0 Å². The van der Waals surface area contributed by atoms with Crippen LogP contribution in [-0.4, -0.2) is 33.8 Å². The Kier molecular flexibility index (Phi) is 5.58. The summed E-state index contributed by atoms with van der Waals surface area (Å²) in [5, 5.41) is 8.76. The SMILES string of the molecule is COc1cccc(S(=O)(=O)NCC(C)CCO)c1. The predicted octanol–water partition coefficient (Wildman–Crippen LogP) is 0.992. The Morgan fingerprint density at radius 2 is 2.17 bits per heavy atom. The molecule has 1 rings (SSSR count). The van der Waals surface area contributed by atoms with Crippen LogP contribution in [0.1, 0.15) is 13.3 Å². The van der Waals surface area contributed by atoms with E-state index in [1.54, 1.807) is 12.1 Å². The zero-order chi connectivity index (χ0) is 13.6. The first kappa shape index (κ1) is 14.9. The number of benzene rings is 1. The molecule has 0 amide bonds. The van der Waals surface area contributed by atoms with Crippen molar-refractivity contribution in [2.75, 3.05) is 20.3 Å². The molecule has 1 atom stereocenters. The monoisotopic (exact) mass is 273 g/mol. The van der Waals surface area contributed by atoms with Crippen molar-refractivity contribution in [3.05, 3.63) is 24.3 Å². The van der Waals surface area contributed by atoms with Gasteiger partial charge in [0.25, 0.3) is 0 Å². The van der Waals surface area contributed by atoms with E-state index in [1.165, 1.54) is 19.2 Å². The van der Waals surface area contributed by atoms with E-state index in [4.69, 9.17) is 9.84 Å². The lowest BCUT2D eigenvalue weighted by atomic mass is 10.1. The first-order valence-corrected chi connectivity index (χ1v) is 7.22. The smallest absolute Gasteiger partial charge is 0.240 e. The molecule has 0 aromatic heterocycles. The molecule has 0 heterocycles. The number of hydrogen-bond acceptors (Lipinski definition) is 4. The van der Waals surface area contributed by atoms with E-state index in [2.05, 4.69) is 4.72 Å². The van der Waals surface area contributed by atoms with E-state index in [1.807, 2.05) is 6.92 Å². The summed E-state index contributed by atoms with van der Waals surface area (Å²) >= 11 is 0. The molecule has 0 spiro atoms. The molecule has 0 fully saturated rings. The Labute approximate surface area is 108 Å². The van der Waals surface area contributed by atoms with Crippen molar-refractivity contribution in [2.45, 2.75) is 18.2 Å². The third kappa shape index (κ3) is 4.29. The van der Waals surface area contributed by atoms with Crippen LogP contribution in [0.25, 0.3) is 0 Å². The van der Waals surface area contributed by atoms with Gasteiger partial charge in [0.05, 0.1) is 12.0 Å². The van der Waals surface area contributed by atoms with Crippen LogP contribution in [0.3, 0.4) is 0 Å². The summed E-state index contributed by atoms with van der Waals surface area (Å²) in [6.07, 6.45) is 0.570. The van der Waals surface area contributed by atoms with Gasteiger partial charge in [0.15, 0.2) is 0 Å². The number of aliphatic hydroxyl groups excluding tert-OH is 1. The highest BCUT2D eigenvalue weighted by Crippen LogP contribution is 2.17. The number of nitrogens with one attached hydrogen (secondary N) is 1. The Morgan fingerprint density at radius 1 is 1.44 bits per heavy atom. The number of methoxy groups -OCH3 is 1. The van der Waals surface area contributed by atoms with Gasteiger partial charge in [-0.25, -0.2) is 13.1 Å². The summed E-state index contributed by atoms with van der Waals surface area (Å²) in [6.45, 7) is 2.24. The molecule has 102 valence electrons. The van der Waals surface area contributed by atoms with Gasteiger partial charge in [-0.15, -0.1) is 0 Å². The number of ether oxygens (including phenoxy) is 1. The standard InChI is InChI=1S/C12H19NO4S/c1-10(6-7-14)9-13-18(15,16)12-5-3-4-11(8-12)17-2/h3-5,8,10,13-14H,6-7,9H2,1-2H3. The first-order valence-electron chi connectivity index (χ1n) is 5.74. The molecule has 0 saturated heterocycles. The van der Waals surface area contributed by atoms with E-state index < -0.39 is 10.0 Å². The van der Waals surface area contributed by atoms with Crippen LogP contribution in [0.15, 0.2) is 29.2 Å². The lowest BCUT2D eigenvalue weighted by molar-refractivity contribution is 0.263. The molecule has 0 radical (unpaired) electrons. The molecular weight excluding hydrogens is 254 g/mol. The maximum Gasteiger partial charge on any atom is 0.240 e. The highest BCUT2D eigenvalue weighted by Gasteiger charge is 2.15. The number of hydrogen-bond donors (Lipinski definition) is 2. The van der Waals surface area contributed by atoms with E-state index in [0.717, 1.165) is 0 Å². The average molecular weight is 273 g/mol. The Balaban J connectivity index is 2.73. The Bertz CT molecular complexity index is 473. The lowest BCUT2D eigenvalue weighted by Crippen LogP contribution is -2.28. The van der Waals surface area contributed by atoms with Crippen molar-refractivity contribution in [3.63, 3.8) is 0 Å². The normalized spacial score (nSPS) is 13.3. The zero-order valence-electron chi connectivity index (χ0n) is 10.6. The van der Waals surface area contributed by atoms with Crippen molar-refractivity contribution in [3.8, 4) is 5.75 Å². The zero-order valence-corrected chi connectivity index (χ0v) is 11.4. The number of rotatable bonds is 7. The molecule has 2 N–H and O–H groups in total. The molecule has 0 saturated carbocycles. The summed E-state index contributed by atoms with van der Waals surface area (Å²) in [5.41, 5.74) is 0. The largest absolute Gasteiger partial charge is 0.497 e. The van der Waals surface area contributed by atoms with Gasteiger partial charge in [-0.1, -0.05) is 13.0 Å². The highest BCUT2D eigenvalue weighted by atomic mass is 32.2. The fourth-order valence-corrected chi connectivity index (χ4v) is 2.63. The maximum atomic E-state index is 12.0. The van der Waals surface area contributed by atoms with Gasteiger partial charge >= 0.3 is 0 Å². The van der Waals surface area contributed by atoms with Gasteiger partial charge in [-0.3, -0.25) is 0 Å². The minimum absolute atomic E-state index is 0.0576. The van der Waals surface area contributed by atoms with Crippen molar-refractivity contribution in [1.29, 1.82) is 0 Å². The average Bonchev–Trinajstić information content (AvgIpc) is 2.37. The van der Waals surface area contributed by atoms with Crippen LogP contribution in [0.2, 0.25) is 0 Å². The molecular formula is C12H19NO4S. The second-order valence-corrected chi connectivity index (χ2v) is 5.92. The first-order chi connectivity index (χ1) is 8.49. The molecule has 0 aliphatic carbocycles.